The van der Waals surface area contributed by atoms with Crippen LogP contribution in [-0.2, 0) is 19.4 Å². The molecule has 8 heteroatoms. The van der Waals surface area contributed by atoms with Crippen molar-refractivity contribution in [3.63, 3.8) is 0 Å². The molecule has 4 fully saturated rings. The Morgan fingerprint density at radius 1 is 0.938 bits per heavy atom. The van der Waals surface area contributed by atoms with Crippen molar-refractivity contribution >= 4 is 21.8 Å². The van der Waals surface area contributed by atoms with E-state index in [9.17, 15) is 18.0 Å². The van der Waals surface area contributed by atoms with Gasteiger partial charge in [0.15, 0.2) is 9.84 Å². The molecule has 0 aromatic heterocycles. The van der Waals surface area contributed by atoms with Gasteiger partial charge in [-0.05, 0) is 89.4 Å². The molecule has 0 radical (unpaired) electrons. The van der Waals surface area contributed by atoms with E-state index in [1.54, 1.807) is 6.92 Å². The lowest BCUT2D eigenvalue weighted by Crippen LogP contribution is -2.67. The normalized spacial score (nSPS) is 35.8. The first-order valence-corrected chi connectivity index (χ1v) is 14.4. The van der Waals surface area contributed by atoms with E-state index in [4.69, 9.17) is 4.74 Å². The molecule has 3 aliphatic carbocycles. The molecule has 3 unspecified atom stereocenters. The van der Waals surface area contributed by atoms with E-state index in [1.165, 1.54) is 0 Å². The van der Waals surface area contributed by atoms with Crippen molar-refractivity contribution in [2.24, 2.45) is 17.8 Å². The first-order chi connectivity index (χ1) is 15.2. The molecule has 0 N–H and O–H groups in total. The Morgan fingerprint density at radius 2 is 1.59 bits per heavy atom. The molecular formula is C24H40N2O5S. The number of amides is 2. The second kappa shape index (κ2) is 9.51. The van der Waals surface area contributed by atoms with Crippen LogP contribution in [0.5, 0.6) is 0 Å². The Labute approximate surface area is 193 Å². The van der Waals surface area contributed by atoms with E-state index in [0.29, 0.717) is 36.7 Å². The summed E-state index contributed by atoms with van der Waals surface area (Å²) in [6, 6.07) is 0.0261. The molecule has 0 aromatic rings. The first-order valence-electron chi connectivity index (χ1n) is 12.6. The van der Waals surface area contributed by atoms with Crippen LogP contribution in [0.2, 0.25) is 0 Å². The molecule has 182 valence electrons. The maximum atomic E-state index is 12.7. The zero-order valence-electron chi connectivity index (χ0n) is 19.9. The van der Waals surface area contributed by atoms with Crippen LogP contribution in [0, 0.1) is 17.8 Å². The number of carbonyl (C=O) groups is 2. The van der Waals surface area contributed by atoms with E-state index in [1.807, 2.05) is 23.6 Å². The number of ether oxygens (including phenoxy) is 1. The van der Waals surface area contributed by atoms with Crippen molar-refractivity contribution in [3.8, 4) is 0 Å². The highest BCUT2D eigenvalue weighted by atomic mass is 32.2. The monoisotopic (exact) mass is 468 g/mol. The topological polar surface area (TPSA) is 84.0 Å². The summed E-state index contributed by atoms with van der Waals surface area (Å²) in [5.41, 5.74) is 0. The third-order valence-electron chi connectivity index (χ3n) is 8.44. The molecule has 0 bridgehead atoms. The van der Waals surface area contributed by atoms with Gasteiger partial charge < -0.3 is 14.5 Å². The fourth-order valence-electron chi connectivity index (χ4n) is 6.71. The second-order valence-corrected chi connectivity index (χ2v) is 13.0. The van der Waals surface area contributed by atoms with Crippen molar-refractivity contribution in [2.75, 3.05) is 18.9 Å². The molecule has 4 aliphatic rings. The SMILES string of the molecule is CCOC(=O)N1C[C@H](C)N(C(C)=O)C2CCC(C3CCC(S(=O)(=O)CC4CC4)CC3)CC21. The summed E-state index contributed by atoms with van der Waals surface area (Å²) in [6.45, 7) is 6.32. The quantitative estimate of drug-likeness (QED) is 0.615. The zero-order chi connectivity index (χ0) is 23.0. The number of fused-ring (bicyclic) bond motifs is 1. The maximum absolute atomic E-state index is 12.7. The van der Waals surface area contributed by atoms with Gasteiger partial charge in [-0.3, -0.25) is 4.79 Å². The van der Waals surface area contributed by atoms with E-state index in [0.717, 1.165) is 57.8 Å². The van der Waals surface area contributed by atoms with Gasteiger partial charge in [0.05, 0.1) is 29.7 Å². The number of piperazine rings is 1. The van der Waals surface area contributed by atoms with Crippen molar-refractivity contribution in [3.05, 3.63) is 0 Å². The maximum Gasteiger partial charge on any atom is 0.410 e. The van der Waals surface area contributed by atoms with Crippen molar-refractivity contribution in [1.82, 2.24) is 9.80 Å². The Bertz CT molecular complexity index is 803. The molecule has 2 amide bonds. The minimum Gasteiger partial charge on any atom is -0.450 e. The summed E-state index contributed by atoms with van der Waals surface area (Å²) in [5.74, 6) is 1.87. The average Bonchev–Trinajstić information content (AvgIpc) is 3.56. The zero-order valence-corrected chi connectivity index (χ0v) is 20.7. The predicted octanol–water partition coefficient (Wildman–Crippen LogP) is 3.62. The van der Waals surface area contributed by atoms with E-state index < -0.39 is 9.84 Å². The fourth-order valence-corrected chi connectivity index (χ4v) is 8.97. The van der Waals surface area contributed by atoms with Crippen LogP contribution >= 0.6 is 0 Å². The average molecular weight is 469 g/mol. The first kappa shape index (κ1) is 23.8. The lowest BCUT2D eigenvalue weighted by atomic mass is 9.69. The molecule has 32 heavy (non-hydrogen) atoms. The molecule has 7 nitrogen and oxygen atoms in total. The second-order valence-electron chi connectivity index (χ2n) is 10.6. The summed E-state index contributed by atoms with van der Waals surface area (Å²) in [7, 11) is -2.96. The van der Waals surface area contributed by atoms with Crippen molar-refractivity contribution < 1.29 is 22.7 Å². The lowest BCUT2D eigenvalue weighted by Gasteiger charge is -2.54. The van der Waals surface area contributed by atoms with Crippen LogP contribution in [0.15, 0.2) is 0 Å². The smallest absolute Gasteiger partial charge is 0.410 e. The van der Waals surface area contributed by atoms with E-state index in [2.05, 4.69) is 0 Å². The molecule has 1 aliphatic heterocycles. The van der Waals surface area contributed by atoms with Crippen LogP contribution in [0.25, 0.3) is 0 Å². The molecule has 0 aromatic carbocycles. The summed E-state index contributed by atoms with van der Waals surface area (Å²) >= 11 is 0. The highest BCUT2D eigenvalue weighted by Crippen LogP contribution is 2.44. The number of sulfone groups is 1. The summed E-state index contributed by atoms with van der Waals surface area (Å²) < 4.78 is 30.8. The number of nitrogens with zero attached hydrogens (tertiary/aromatic N) is 2. The van der Waals surface area contributed by atoms with Gasteiger partial charge in [-0.1, -0.05) is 0 Å². The van der Waals surface area contributed by atoms with Crippen LogP contribution in [0.3, 0.4) is 0 Å². The molecule has 4 atom stereocenters. The van der Waals surface area contributed by atoms with Gasteiger partial charge in [0.25, 0.3) is 0 Å². The Kier molecular flexibility index (Phi) is 7.08. The molecule has 1 heterocycles. The molecular weight excluding hydrogens is 428 g/mol. The van der Waals surface area contributed by atoms with E-state index in [-0.39, 0.29) is 35.4 Å². The number of rotatable bonds is 5. The summed E-state index contributed by atoms with van der Waals surface area (Å²) in [6.07, 6.45) is 8.18. The summed E-state index contributed by atoms with van der Waals surface area (Å²) in [4.78, 5) is 29.0. The van der Waals surface area contributed by atoms with Gasteiger partial charge >= 0.3 is 6.09 Å². The predicted molar refractivity (Wildman–Crippen MR) is 123 cm³/mol. The molecule has 0 spiro atoms. The van der Waals surface area contributed by atoms with E-state index >= 15 is 0 Å². The molecule has 4 rings (SSSR count). The largest absolute Gasteiger partial charge is 0.450 e. The number of hydrogen-bond acceptors (Lipinski definition) is 5. The minimum absolute atomic E-state index is 0.00998. The number of carbonyl (C=O) groups excluding carboxylic acids is 2. The number of hydrogen-bond donors (Lipinski definition) is 0. The van der Waals surface area contributed by atoms with Gasteiger partial charge in [-0.25, -0.2) is 13.2 Å². The molecule has 3 saturated carbocycles. The minimum atomic E-state index is -2.96. The van der Waals surface area contributed by atoms with Crippen LogP contribution in [0.4, 0.5) is 4.79 Å². The third kappa shape index (κ3) is 4.95. The fraction of sp³-hybridized carbons (Fsp3) is 0.917. The van der Waals surface area contributed by atoms with Crippen molar-refractivity contribution in [2.45, 2.75) is 102 Å². The van der Waals surface area contributed by atoms with Gasteiger partial charge in [-0.2, -0.15) is 0 Å². The third-order valence-corrected chi connectivity index (χ3v) is 10.9. The summed E-state index contributed by atoms with van der Waals surface area (Å²) in [5, 5.41) is -0.157. The van der Waals surface area contributed by atoms with Crippen LogP contribution < -0.4 is 0 Å². The lowest BCUT2D eigenvalue weighted by molar-refractivity contribution is -0.142. The van der Waals surface area contributed by atoms with Gasteiger partial charge in [-0.15, -0.1) is 0 Å². The van der Waals surface area contributed by atoms with Gasteiger partial charge in [0, 0.05) is 19.5 Å². The van der Waals surface area contributed by atoms with Crippen LogP contribution in [-0.4, -0.2) is 72.5 Å². The van der Waals surface area contributed by atoms with Gasteiger partial charge in [0.2, 0.25) is 5.91 Å². The standard InChI is InChI=1S/C24H40N2O5S/c1-4-31-24(28)25-14-16(2)26(17(3)27)22-12-9-20(13-23(22)25)19-7-10-21(11-8-19)32(29,30)15-18-5-6-18/h16,18-23H,4-15H2,1-3H3/t16-,19?,20?,21?,22?,23?/m0/s1. The highest BCUT2D eigenvalue weighted by Gasteiger charge is 2.48. The van der Waals surface area contributed by atoms with Crippen LogP contribution in [0.1, 0.15) is 78.6 Å². The Hall–Kier alpha value is -1.31. The highest BCUT2D eigenvalue weighted by molar-refractivity contribution is 7.92. The molecule has 1 saturated heterocycles. The Morgan fingerprint density at radius 3 is 2.19 bits per heavy atom. The van der Waals surface area contributed by atoms with Gasteiger partial charge in [0.1, 0.15) is 0 Å². The van der Waals surface area contributed by atoms with Crippen molar-refractivity contribution in [1.29, 1.82) is 0 Å². The Balaban J connectivity index is 1.42.